The molecule has 6 nitrogen and oxygen atoms in total. The van der Waals surface area contributed by atoms with E-state index in [0.717, 1.165) is 0 Å². The van der Waals surface area contributed by atoms with Crippen LogP contribution in [-0.4, -0.2) is 23.6 Å². The number of primary sulfonamides is 1. The second-order valence-corrected chi connectivity index (χ2v) is 4.95. The highest BCUT2D eigenvalue weighted by molar-refractivity contribution is 7.89. The molecule has 0 aliphatic heterocycles. The highest BCUT2D eigenvalue weighted by Crippen LogP contribution is 2.18. The molecule has 0 bridgehead atoms. The molecule has 17 heavy (non-hydrogen) atoms. The molecule has 2 rings (SSSR count). The minimum Gasteiger partial charge on any atom is -0.248 e. The molecule has 90 valence electrons. The van der Waals surface area contributed by atoms with E-state index in [9.17, 15) is 12.8 Å². The number of hydrogen-bond acceptors (Lipinski definition) is 4. The summed E-state index contributed by atoms with van der Waals surface area (Å²) in [6.07, 6.45) is 0. The van der Waals surface area contributed by atoms with E-state index in [0.29, 0.717) is 11.1 Å². The average Bonchev–Trinajstić information content (AvgIpc) is 2.70. The van der Waals surface area contributed by atoms with E-state index in [4.69, 9.17) is 5.14 Å². The standard InChI is InChI=1S/C9H9FN4O2S/c1-5-4-6(2-3-7(5)10)8-12-9(14-13-8)17(11,15)16/h2-4H,1H3,(H2,11,15,16)(H,12,13,14). The van der Waals surface area contributed by atoms with Crippen molar-refractivity contribution in [1.82, 2.24) is 15.2 Å². The maximum absolute atomic E-state index is 13.0. The summed E-state index contributed by atoms with van der Waals surface area (Å²) >= 11 is 0. The number of rotatable bonds is 2. The molecule has 0 unspecified atom stereocenters. The van der Waals surface area contributed by atoms with Crippen LogP contribution in [0.25, 0.3) is 11.4 Å². The predicted molar refractivity (Wildman–Crippen MR) is 57.9 cm³/mol. The fourth-order valence-corrected chi connectivity index (χ4v) is 1.67. The van der Waals surface area contributed by atoms with Gasteiger partial charge < -0.3 is 0 Å². The average molecular weight is 256 g/mol. The van der Waals surface area contributed by atoms with Gasteiger partial charge >= 0.3 is 0 Å². The summed E-state index contributed by atoms with van der Waals surface area (Å²) in [5, 5.41) is 10.4. The van der Waals surface area contributed by atoms with Gasteiger partial charge in [0.05, 0.1) is 0 Å². The van der Waals surface area contributed by atoms with Crippen LogP contribution in [0.15, 0.2) is 23.4 Å². The van der Waals surface area contributed by atoms with Crippen LogP contribution in [-0.2, 0) is 10.0 Å². The second kappa shape index (κ2) is 3.90. The fourth-order valence-electron chi connectivity index (χ4n) is 1.29. The minimum atomic E-state index is -3.91. The van der Waals surface area contributed by atoms with Crippen molar-refractivity contribution in [3.63, 3.8) is 0 Å². The van der Waals surface area contributed by atoms with E-state index >= 15 is 0 Å². The summed E-state index contributed by atoms with van der Waals surface area (Å²) in [5.74, 6) is -0.201. The number of H-pyrrole nitrogens is 1. The van der Waals surface area contributed by atoms with Gasteiger partial charge in [0.1, 0.15) is 5.82 Å². The van der Waals surface area contributed by atoms with E-state index in [2.05, 4.69) is 15.2 Å². The first-order valence-electron chi connectivity index (χ1n) is 4.59. The number of nitrogens with two attached hydrogens (primary N) is 1. The molecule has 0 saturated carbocycles. The van der Waals surface area contributed by atoms with Crippen molar-refractivity contribution in [1.29, 1.82) is 0 Å². The molecular formula is C9H9FN4O2S. The zero-order chi connectivity index (χ0) is 12.6. The highest BCUT2D eigenvalue weighted by Gasteiger charge is 2.15. The largest absolute Gasteiger partial charge is 0.273 e. The van der Waals surface area contributed by atoms with Gasteiger partial charge in [0, 0.05) is 5.56 Å². The van der Waals surface area contributed by atoms with Crippen molar-refractivity contribution in [3.8, 4) is 11.4 Å². The van der Waals surface area contributed by atoms with Crippen LogP contribution in [0.1, 0.15) is 5.56 Å². The smallest absolute Gasteiger partial charge is 0.248 e. The summed E-state index contributed by atoms with van der Waals surface area (Å²) < 4.78 is 35.0. The van der Waals surface area contributed by atoms with E-state index in [1.165, 1.54) is 18.2 Å². The van der Waals surface area contributed by atoms with Gasteiger partial charge in [0.15, 0.2) is 5.82 Å². The molecule has 0 spiro atoms. The van der Waals surface area contributed by atoms with Crippen LogP contribution < -0.4 is 5.14 Å². The maximum Gasteiger partial charge on any atom is 0.273 e. The van der Waals surface area contributed by atoms with Gasteiger partial charge in [-0.1, -0.05) is 0 Å². The summed E-state index contributed by atoms with van der Waals surface area (Å²) in [7, 11) is -3.91. The third kappa shape index (κ3) is 2.32. The van der Waals surface area contributed by atoms with Gasteiger partial charge in [-0.15, -0.1) is 0 Å². The Hall–Kier alpha value is -1.80. The Labute approximate surface area is 96.7 Å². The number of halogens is 1. The van der Waals surface area contributed by atoms with Gasteiger partial charge in [-0.05, 0) is 30.7 Å². The molecule has 0 fully saturated rings. The Balaban J connectivity index is 2.47. The second-order valence-electron chi connectivity index (χ2n) is 3.47. The molecule has 8 heteroatoms. The third-order valence-electron chi connectivity index (χ3n) is 2.15. The topological polar surface area (TPSA) is 102 Å². The first kappa shape index (κ1) is 11.7. The Morgan fingerprint density at radius 1 is 1.41 bits per heavy atom. The normalized spacial score (nSPS) is 11.7. The lowest BCUT2D eigenvalue weighted by atomic mass is 10.1. The van der Waals surface area contributed by atoms with Gasteiger partial charge in [0.2, 0.25) is 0 Å². The fraction of sp³-hybridized carbons (Fsp3) is 0.111. The Kier molecular flexibility index (Phi) is 2.68. The number of aryl methyl sites for hydroxylation is 1. The van der Waals surface area contributed by atoms with Gasteiger partial charge in [-0.25, -0.2) is 23.0 Å². The lowest BCUT2D eigenvalue weighted by Crippen LogP contribution is -2.13. The molecule has 0 radical (unpaired) electrons. The number of nitrogens with zero attached hydrogens (tertiary/aromatic N) is 2. The molecule has 1 heterocycles. The van der Waals surface area contributed by atoms with Crippen molar-refractivity contribution >= 4 is 10.0 Å². The Bertz CT molecular complexity index is 665. The van der Waals surface area contributed by atoms with E-state index in [1.807, 2.05) is 0 Å². The molecule has 1 aromatic heterocycles. The lowest BCUT2D eigenvalue weighted by molar-refractivity contribution is 0.589. The van der Waals surface area contributed by atoms with Gasteiger partial charge in [-0.3, -0.25) is 0 Å². The van der Waals surface area contributed by atoms with Crippen molar-refractivity contribution in [3.05, 3.63) is 29.6 Å². The summed E-state index contributed by atoms with van der Waals surface area (Å²) in [6.45, 7) is 1.59. The molecule has 0 aliphatic carbocycles. The van der Waals surface area contributed by atoms with Crippen molar-refractivity contribution in [2.75, 3.05) is 0 Å². The van der Waals surface area contributed by atoms with E-state index < -0.39 is 15.2 Å². The number of aromatic amines is 1. The number of aromatic nitrogens is 3. The molecule has 1 aromatic carbocycles. The van der Waals surface area contributed by atoms with Gasteiger partial charge in [0.25, 0.3) is 15.2 Å². The van der Waals surface area contributed by atoms with Crippen LogP contribution in [0, 0.1) is 12.7 Å². The third-order valence-corrected chi connectivity index (χ3v) is 2.87. The molecule has 3 N–H and O–H groups in total. The molecule has 2 aromatic rings. The predicted octanol–water partition coefficient (Wildman–Crippen LogP) is 0.567. The molecule has 0 amide bonds. The van der Waals surface area contributed by atoms with E-state index in [1.54, 1.807) is 6.92 Å². The van der Waals surface area contributed by atoms with Crippen molar-refractivity contribution in [2.24, 2.45) is 5.14 Å². The van der Waals surface area contributed by atoms with Crippen LogP contribution in [0.2, 0.25) is 0 Å². The minimum absolute atomic E-state index is 0.150. The van der Waals surface area contributed by atoms with Gasteiger partial charge in [-0.2, -0.15) is 10.1 Å². The molecule has 0 aliphatic rings. The zero-order valence-corrected chi connectivity index (χ0v) is 9.62. The number of nitrogens with one attached hydrogen (secondary N) is 1. The summed E-state index contributed by atoms with van der Waals surface area (Å²) in [5.41, 5.74) is 0.930. The quantitative estimate of drug-likeness (QED) is 0.819. The monoisotopic (exact) mass is 256 g/mol. The Morgan fingerprint density at radius 3 is 2.65 bits per heavy atom. The Morgan fingerprint density at radius 2 is 2.12 bits per heavy atom. The van der Waals surface area contributed by atoms with Crippen LogP contribution >= 0.6 is 0 Å². The summed E-state index contributed by atoms with van der Waals surface area (Å²) in [4.78, 5) is 3.72. The number of benzene rings is 1. The van der Waals surface area contributed by atoms with Crippen LogP contribution in [0.4, 0.5) is 4.39 Å². The maximum atomic E-state index is 13.0. The van der Waals surface area contributed by atoms with Crippen LogP contribution in [0.5, 0.6) is 0 Å². The highest BCUT2D eigenvalue weighted by atomic mass is 32.2. The molecule has 0 saturated heterocycles. The SMILES string of the molecule is Cc1cc(-c2n[nH]c(S(N)(=O)=O)n2)ccc1F. The van der Waals surface area contributed by atoms with Crippen molar-refractivity contribution < 1.29 is 12.8 Å². The van der Waals surface area contributed by atoms with E-state index in [-0.39, 0.29) is 11.6 Å². The first-order valence-corrected chi connectivity index (χ1v) is 6.14. The first-order chi connectivity index (χ1) is 7.88. The molecular weight excluding hydrogens is 247 g/mol. The molecule has 0 atom stereocenters. The number of hydrogen-bond donors (Lipinski definition) is 2. The summed E-state index contributed by atoms with van der Waals surface area (Å²) in [6, 6.07) is 4.24. The zero-order valence-electron chi connectivity index (χ0n) is 8.81. The van der Waals surface area contributed by atoms with Crippen molar-refractivity contribution in [2.45, 2.75) is 12.1 Å². The van der Waals surface area contributed by atoms with Crippen LogP contribution in [0.3, 0.4) is 0 Å². The number of sulfonamides is 1. The lowest BCUT2D eigenvalue weighted by Gasteiger charge is -1.98.